The minimum Gasteiger partial charge on any atom is -0.306 e. The number of rotatable bonds is 3. The van der Waals surface area contributed by atoms with Gasteiger partial charge in [-0.1, -0.05) is 133 Å². The Morgan fingerprint density at radius 1 is 0.581 bits per heavy atom. The van der Waals surface area contributed by atoms with Crippen molar-refractivity contribution in [1.82, 2.24) is 5.32 Å². The Labute approximate surface area is 256 Å². The zero-order valence-electron chi connectivity index (χ0n) is 23.8. The molecule has 2 heteroatoms. The summed E-state index contributed by atoms with van der Waals surface area (Å²) in [5.74, 6) is 0.909. The second-order valence-electron chi connectivity index (χ2n) is 12.0. The number of thiophene rings is 1. The topological polar surface area (TPSA) is 12.0 Å². The molecule has 0 spiro atoms. The van der Waals surface area contributed by atoms with E-state index in [1.807, 2.05) is 11.3 Å². The largest absolute Gasteiger partial charge is 0.306 e. The third kappa shape index (κ3) is 4.01. The van der Waals surface area contributed by atoms with Crippen molar-refractivity contribution < 1.29 is 0 Å². The van der Waals surface area contributed by atoms with Gasteiger partial charge in [0.1, 0.15) is 0 Å². The maximum Gasteiger partial charge on any atom is 0.0434 e. The first-order valence-electron chi connectivity index (χ1n) is 15.3. The van der Waals surface area contributed by atoms with E-state index in [0.717, 1.165) is 13.0 Å². The first-order valence-corrected chi connectivity index (χ1v) is 16.1. The van der Waals surface area contributed by atoms with Crippen LogP contribution in [0, 0.1) is 5.92 Å². The molecule has 0 saturated carbocycles. The van der Waals surface area contributed by atoms with Crippen LogP contribution in [0.4, 0.5) is 0 Å². The van der Waals surface area contributed by atoms with E-state index < -0.39 is 0 Å². The van der Waals surface area contributed by atoms with Crippen LogP contribution < -0.4 is 5.32 Å². The molecular weight excluding hydrogens is 539 g/mol. The molecule has 43 heavy (non-hydrogen) atoms. The summed E-state index contributed by atoms with van der Waals surface area (Å²) in [5.41, 5.74) is 12.6. The summed E-state index contributed by atoms with van der Waals surface area (Å²) in [6.45, 7) is 0.937. The molecule has 5 aromatic carbocycles. The fraction of sp³-hybridized carbons (Fsp3) is 0.122. The van der Waals surface area contributed by atoms with Crippen molar-refractivity contribution >= 4 is 37.1 Å². The summed E-state index contributed by atoms with van der Waals surface area (Å²) >= 11 is 1.93. The number of hydrogen-bond donors (Lipinski definition) is 1. The fourth-order valence-corrected chi connectivity index (χ4v) is 9.07. The van der Waals surface area contributed by atoms with Gasteiger partial charge in [0.15, 0.2) is 0 Å². The molecule has 2 heterocycles. The van der Waals surface area contributed by atoms with Crippen molar-refractivity contribution in [1.29, 1.82) is 0 Å². The zero-order chi connectivity index (χ0) is 28.3. The van der Waals surface area contributed by atoms with Gasteiger partial charge in [0.2, 0.25) is 0 Å². The highest BCUT2D eigenvalue weighted by Crippen LogP contribution is 2.50. The standard InChI is InChI=1S/C41H31NS/c1-2-11-26(12-3-1)29-19-9-21-35-36-22-10-20-30(41(36)43-40(29)35)27-13-8-14-28(23-27)39-24-37-33-17-6-4-15-31(33)32-16-5-7-18-34(32)38(37)25-42-39/h1-23,32,34,39,42H,24-25H2. The normalized spacial score (nSPS) is 20.7. The molecule has 3 aliphatic rings. The molecule has 0 saturated heterocycles. The van der Waals surface area contributed by atoms with Crippen molar-refractivity contribution in [3.63, 3.8) is 0 Å². The number of benzene rings is 5. The summed E-state index contributed by atoms with van der Waals surface area (Å²) in [6, 6.07) is 43.0. The third-order valence-electron chi connectivity index (χ3n) is 9.73. The second-order valence-corrected chi connectivity index (χ2v) is 13.0. The second kappa shape index (κ2) is 10.1. The smallest absolute Gasteiger partial charge is 0.0434 e. The van der Waals surface area contributed by atoms with Crippen LogP contribution >= 0.6 is 11.3 Å². The quantitative estimate of drug-likeness (QED) is 0.224. The Morgan fingerprint density at radius 3 is 2.05 bits per heavy atom. The van der Waals surface area contributed by atoms with E-state index in [2.05, 4.69) is 145 Å². The summed E-state index contributed by atoms with van der Waals surface area (Å²) in [7, 11) is 0. The Balaban J connectivity index is 1.11. The summed E-state index contributed by atoms with van der Waals surface area (Å²) in [4.78, 5) is 0. The van der Waals surface area contributed by atoms with E-state index in [1.165, 1.54) is 59.1 Å². The van der Waals surface area contributed by atoms with E-state index in [0.29, 0.717) is 11.8 Å². The zero-order valence-corrected chi connectivity index (χ0v) is 24.7. The van der Waals surface area contributed by atoms with Crippen molar-refractivity contribution in [3.05, 3.63) is 162 Å². The predicted octanol–water partition coefficient (Wildman–Crippen LogP) is 10.7. The Bertz CT molecular complexity index is 2130. The van der Waals surface area contributed by atoms with Crippen LogP contribution in [-0.2, 0) is 0 Å². The predicted molar refractivity (Wildman–Crippen MR) is 183 cm³/mol. The van der Waals surface area contributed by atoms with Gasteiger partial charge in [-0.25, -0.2) is 0 Å². The number of nitrogens with one attached hydrogen (secondary N) is 1. The molecule has 0 radical (unpaired) electrons. The van der Waals surface area contributed by atoms with E-state index in [4.69, 9.17) is 0 Å². The van der Waals surface area contributed by atoms with Gasteiger partial charge in [-0.05, 0) is 62.6 Å². The molecule has 0 bridgehead atoms. The van der Waals surface area contributed by atoms with Crippen LogP contribution in [-0.4, -0.2) is 6.54 Å². The molecule has 3 atom stereocenters. The van der Waals surface area contributed by atoms with E-state index >= 15 is 0 Å². The highest BCUT2D eigenvalue weighted by molar-refractivity contribution is 7.26. The summed E-state index contributed by atoms with van der Waals surface area (Å²) in [5, 5.41) is 6.63. The third-order valence-corrected chi connectivity index (χ3v) is 11.0. The van der Waals surface area contributed by atoms with Gasteiger partial charge in [0, 0.05) is 44.6 Å². The summed E-state index contributed by atoms with van der Waals surface area (Å²) in [6.07, 6.45) is 10.3. The van der Waals surface area contributed by atoms with Crippen molar-refractivity contribution in [2.75, 3.05) is 6.54 Å². The minimum atomic E-state index is 0.290. The first-order chi connectivity index (χ1) is 21.3. The van der Waals surface area contributed by atoms with E-state index in [1.54, 1.807) is 11.1 Å². The van der Waals surface area contributed by atoms with Gasteiger partial charge in [0.05, 0.1) is 0 Å². The van der Waals surface area contributed by atoms with Gasteiger partial charge in [-0.2, -0.15) is 0 Å². The number of hydrogen-bond acceptors (Lipinski definition) is 2. The molecule has 0 fully saturated rings. The molecule has 1 nitrogen and oxygen atoms in total. The highest BCUT2D eigenvalue weighted by Gasteiger charge is 2.36. The Kier molecular flexibility index (Phi) is 5.85. The van der Waals surface area contributed by atoms with Crippen LogP contribution in [0.15, 0.2) is 145 Å². The lowest BCUT2D eigenvalue weighted by atomic mass is 9.67. The molecule has 1 aliphatic heterocycles. The van der Waals surface area contributed by atoms with Crippen LogP contribution in [0.5, 0.6) is 0 Å². The monoisotopic (exact) mass is 569 g/mol. The van der Waals surface area contributed by atoms with Crippen molar-refractivity contribution in [2.24, 2.45) is 5.92 Å². The maximum absolute atomic E-state index is 3.95. The van der Waals surface area contributed by atoms with Crippen molar-refractivity contribution in [3.8, 4) is 22.3 Å². The lowest BCUT2D eigenvalue weighted by Crippen LogP contribution is -2.35. The Hall–Kier alpha value is -4.50. The fourth-order valence-electron chi connectivity index (χ4n) is 7.70. The van der Waals surface area contributed by atoms with E-state index in [9.17, 15) is 0 Å². The van der Waals surface area contributed by atoms with E-state index in [-0.39, 0.29) is 6.04 Å². The molecule has 2 aliphatic carbocycles. The molecule has 1 N–H and O–H groups in total. The first kappa shape index (κ1) is 25.0. The van der Waals surface area contributed by atoms with Gasteiger partial charge >= 0.3 is 0 Å². The van der Waals surface area contributed by atoms with Crippen LogP contribution in [0.1, 0.15) is 35.1 Å². The molecule has 3 unspecified atom stereocenters. The molecule has 206 valence electrons. The van der Waals surface area contributed by atoms with Gasteiger partial charge in [-0.15, -0.1) is 11.3 Å². The van der Waals surface area contributed by atoms with Crippen LogP contribution in [0.25, 0.3) is 48.0 Å². The van der Waals surface area contributed by atoms with Crippen LogP contribution in [0.3, 0.4) is 0 Å². The lowest BCUT2D eigenvalue weighted by molar-refractivity contribution is 0.505. The van der Waals surface area contributed by atoms with Crippen molar-refractivity contribution in [2.45, 2.75) is 18.4 Å². The van der Waals surface area contributed by atoms with Gasteiger partial charge in [-0.3, -0.25) is 0 Å². The lowest BCUT2D eigenvalue weighted by Gasteiger charge is -2.40. The average molecular weight is 570 g/mol. The molecule has 0 amide bonds. The SMILES string of the molecule is C1=CC2C3=C(CC(c4cccc(-c5cccc6c5sc5c(-c7ccccc7)cccc56)c4)NC3)c3ccccc3C2C=C1. The number of allylic oxidation sites excluding steroid dienone is 4. The average Bonchev–Trinajstić information content (AvgIpc) is 3.48. The van der Waals surface area contributed by atoms with Crippen LogP contribution in [0.2, 0.25) is 0 Å². The summed E-state index contributed by atoms with van der Waals surface area (Å²) < 4.78 is 2.73. The highest BCUT2D eigenvalue weighted by atomic mass is 32.1. The Morgan fingerprint density at radius 2 is 1.23 bits per heavy atom. The minimum absolute atomic E-state index is 0.290. The van der Waals surface area contributed by atoms with Gasteiger partial charge < -0.3 is 5.32 Å². The molecule has 1 aromatic heterocycles. The number of fused-ring (bicyclic) bond motifs is 8. The molecule has 6 aromatic rings. The van der Waals surface area contributed by atoms with Gasteiger partial charge in [0.25, 0.3) is 0 Å². The molecular formula is C41H31NS. The maximum atomic E-state index is 3.95. The molecule has 9 rings (SSSR count).